The van der Waals surface area contributed by atoms with Crippen LogP contribution >= 0.6 is 0 Å². The van der Waals surface area contributed by atoms with E-state index in [0.29, 0.717) is 11.3 Å². The van der Waals surface area contributed by atoms with Crippen LogP contribution in [0.15, 0.2) is 23.0 Å². The lowest BCUT2D eigenvalue weighted by molar-refractivity contribution is -0.153. The van der Waals surface area contributed by atoms with E-state index in [1.807, 2.05) is 0 Å². The fourth-order valence-corrected chi connectivity index (χ4v) is 5.99. The Morgan fingerprint density at radius 1 is 1.21 bits per heavy atom. The molecule has 202 valence electrons. The number of primary amides is 1. The first-order chi connectivity index (χ1) is 17.8. The highest BCUT2D eigenvalue weighted by atomic mass is 16.5. The minimum atomic E-state index is -2.68. The van der Waals surface area contributed by atoms with E-state index in [2.05, 4.69) is 11.8 Å². The highest BCUT2D eigenvalue weighted by Gasteiger charge is 2.64. The van der Waals surface area contributed by atoms with Gasteiger partial charge in [0.05, 0.1) is 17.2 Å². The largest absolute Gasteiger partial charge is 0.508 e. The van der Waals surface area contributed by atoms with Crippen molar-refractivity contribution in [1.29, 1.82) is 0 Å². The van der Waals surface area contributed by atoms with E-state index in [-0.39, 0.29) is 41.9 Å². The Morgan fingerprint density at radius 3 is 2.42 bits per heavy atom. The van der Waals surface area contributed by atoms with E-state index in [4.69, 9.17) is 10.5 Å². The Hall–Kier alpha value is -3.85. The number of ether oxygens (including phenoxy) is 1. The number of aliphatic hydroxyl groups is 3. The second kappa shape index (κ2) is 9.47. The lowest BCUT2D eigenvalue weighted by atomic mass is 9.57. The van der Waals surface area contributed by atoms with Gasteiger partial charge in [0, 0.05) is 38.4 Å². The van der Waals surface area contributed by atoms with Gasteiger partial charge in [-0.2, -0.15) is 0 Å². The Kier molecular flexibility index (Phi) is 6.78. The van der Waals surface area contributed by atoms with Gasteiger partial charge in [-0.1, -0.05) is 11.8 Å². The molecule has 0 aliphatic heterocycles. The average molecular weight is 526 g/mol. The third kappa shape index (κ3) is 3.75. The third-order valence-electron chi connectivity index (χ3n) is 7.62. The van der Waals surface area contributed by atoms with Gasteiger partial charge in [-0.15, -0.1) is 0 Å². The predicted octanol–water partition coefficient (Wildman–Crippen LogP) is 0.0279. The van der Waals surface area contributed by atoms with Gasteiger partial charge in [0.15, 0.2) is 11.4 Å². The lowest BCUT2D eigenvalue weighted by Gasteiger charge is -2.50. The van der Waals surface area contributed by atoms with Crippen LogP contribution in [0, 0.1) is 23.7 Å². The van der Waals surface area contributed by atoms with Crippen LogP contribution in [0.4, 0.5) is 5.69 Å². The van der Waals surface area contributed by atoms with Gasteiger partial charge in [-0.3, -0.25) is 19.3 Å². The molecule has 0 radical (unpaired) electrons. The second-order valence-electron chi connectivity index (χ2n) is 10.2. The van der Waals surface area contributed by atoms with Crippen LogP contribution in [0.25, 0.3) is 5.76 Å². The number of aliphatic hydroxyl groups excluding tert-OH is 2. The Morgan fingerprint density at radius 2 is 1.87 bits per heavy atom. The van der Waals surface area contributed by atoms with Crippen molar-refractivity contribution in [1.82, 2.24) is 4.90 Å². The van der Waals surface area contributed by atoms with Crippen LogP contribution in [0.5, 0.6) is 5.75 Å². The highest BCUT2D eigenvalue weighted by Crippen LogP contribution is 2.54. The number of fused-ring (bicyclic) bond motifs is 3. The van der Waals surface area contributed by atoms with Crippen molar-refractivity contribution in [3.63, 3.8) is 0 Å². The van der Waals surface area contributed by atoms with Crippen LogP contribution in [0.2, 0.25) is 0 Å². The summed E-state index contributed by atoms with van der Waals surface area (Å²) in [5.41, 5.74) is 3.03. The fourth-order valence-electron chi connectivity index (χ4n) is 5.99. The smallest absolute Gasteiger partial charge is 0.255 e. The van der Waals surface area contributed by atoms with Crippen LogP contribution < -0.4 is 10.6 Å². The van der Waals surface area contributed by atoms with Gasteiger partial charge in [0.1, 0.15) is 29.4 Å². The molecule has 11 heteroatoms. The number of anilines is 1. The SMILES string of the molecule is COCC#Cc1cc(N(C)C)c2c(c1O)C(O)=C1C(=O)[C@]3(O)C(O)=C(C(N)=O)C(=O)[C@@H](N(C)C)[C@@H]3C[C@@H]1C2. The minimum Gasteiger partial charge on any atom is -0.508 e. The summed E-state index contributed by atoms with van der Waals surface area (Å²) < 4.78 is 4.94. The number of aromatic hydroxyl groups is 1. The molecule has 4 rings (SSSR count). The van der Waals surface area contributed by atoms with Crippen LogP contribution in [-0.4, -0.2) is 96.3 Å². The maximum atomic E-state index is 13.9. The number of methoxy groups -OCH3 is 1. The zero-order chi connectivity index (χ0) is 28.3. The van der Waals surface area contributed by atoms with Gasteiger partial charge in [-0.25, -0.2) is 0 Å². The number of hydrogen-bond acceptors (Lipinski definition) is 10. The molecule has 0 unspecified atom stereocenters. The van der Waals surface area contributed by atoms with E-state index in [1.165, 1.54) is 12.0 Å². The molecular weight excluding hydrogens is 494 g/mol. The summed E-state index contributed by atoms with van der Waals surface area (Å²) in [7, 11) is 8.17. The first kappa shape index (κ1) is 27.2. The first-order valence-corrected chi connectivity index (χ1v) is 12.0. The van der Waals surface area contributed by atoms with E-state index in [1.54, 1.807) is 39.2 Å². The number of rotatable bonds is 4. The summed E-state index contributed by atoms with van der Waals surface area (Å²) in [6, 6.07) is 0.545. The number of phenols is 1. The van der Waals surface area contributed by atoms with Crippen molar-refractivity contribution in [3.8, 4) is 17.6 Å². The van der Waals surface area contributed by atoms with Crippen molar-refractivity contribution >= 4 is 28.9 Å². The molecule has 0 bridgehead atoms. The quantitative estimate of drug-likeness (QED) is 0.266. The molecule has 1 fully saturated rings. The van der Waals surface area contributed by atoms with Gasteiger partial charge in [0.25, 0.3) is 5.91 Å². The molecule has 0 spiro atoms. The average Bonchev–Trinajstić information content (AvgIpc) is 2.82. The zero-order valence-electron chi connectivity index (χ0n) is 21.8. The van der Waals surface area contributed by atoms with Gasteiger partial charge < -0.3 is 35.8 Å². The first-order valence-electron chi connectivity index (χ1n) is 12.0. The molecule has 0 aromatic heterocycles. The second-order valence-corrected chi connectivity index (χ2v) is 10.2. The van der Waals surface area contributed by atoms with Gasteiger partial charge in [-0.05, 0) is 44.5 Å². The molecule has 4 atom stereocenters. The van der Waals surface area contributed by atoms with Crippen molar-refractivity contribution in [2.24, 2.45) is 17.6 Å². The predicted molar refractivity (Wildman–Crippen MR) is 137 cm³/mol. The highest BCUT2D eigenvalue weighted by molar-refractivity contribution is 6.24. The number of carbonyl (C=O) groups is 3. The summed E-state index contributed by atoms with van der Waals surface area (Å²) in [5.74, 6) is -1.37. The fraction of sp³-hybridized carbons (Fsp3) is 0.444. The Bertz CT molecular complexity index is 1380. The molecule has 1 amide bonds. The van der Waals surface area contributed by atoms with Gasteiger partial charge >= 0.3 is 0 Å². The number of amides is 1. The molecule has 1 saturated carbocycles. The Balaban J connectivity index is 1.99. The molecule has 0 saturated heterocycles. The molecule has 1 aromatic rings. The number of hydrogen-bond donors (Lipinski definition) is 5. The van der Waals surface area contributed by atoms with Crippen LogP contribution in [-0.2, 0) is 25.5 Å². The van der Waals surface area contributed by atoms with E-state index in [0.717, 1.165) is 0 Å². The number of nitrogens with zero attached hydrogens (tertiary/aromatic N) is 2. The molecular formula is C27H31N3O8. The number of ketones is 2. The van der Waals surface area contributed by atoms with E-state index < -0.39 is 58.0 Å². The summed E-state index contributed by atoms with van der Waals surface area (Å²) in [5, 5.41) is 45.2. The molecule has 11 nitrogen and oxygen atoms in total. The summed E-state index contributed by atoms with van der Waals surface area (Å²) in [4.78, 5) is 42.5. The van der Waals surface area contributed by atoms with Crippen LogP contribution in [0.3, 0.4) is 0 Å². The number of nitrogens with two attached hydrogens (primary N) is 1. The van der Waals surface area contributed by atoms with Crippen molar-refractivity contribution in [3.05, 3.63) is 39.7 Å². The number of likely N-dealkylation sites (N-methyl/N-ethyl adjacent to an activating group) is 1. The summed E-state index contributed by atoms with van der Waals surface area (Å²) >= 11 is 0. The minimum absolute atomic E-state index is 0.00536. The number of phenolic OH excluding ortho intramolecular Hbond substituents is 1. The Labute approximate surface area is 219 Å². The normalized spacial score (nSPS) is 26.4. The molecule has 3 aliphatic rings. The third-order valence-corrected chi connectivity index (χ3v) is 7.62. The monoisotopic (exact) mass is 525 g/mol. The lowest BCUT2D eigenvalue weighted by Crippen LogP contribution is -2.65. The molecule has 1 aromatic carbocycles. The molecule has 38 heavy (non-hydrogen) atoms. The number of benzene rings is 1. The number of carbonyl (C=O) groups excluding carboxylic acids is 3. The topological polar surface area (TPSA) is 174 Å². The standard InChI is InChI=1S/C27H31N3O8/c1-29(2)16-11-12(7-6-8-38-5)21(31)18-14(16)9-13-10-15-20(30(3)4)23(33)19(26(28)36)25(35)27(15,37)24(34)17(13)22(18)32/h11,13,15,20,31-32,35,37H,8-10H2,1-5H3,(H2,28,36)/t13-,15-,20-,27-/m0/s1. The van der Waals surface area contributed by atoms with Gasteiger partial charge in [0.2, 0.25) is 5.78 Å². The number of Topliss-reactive ketones (excluding diaryl/α,β-unsaturated/α-hetero) is 2. The van der Waals surface area contributed by atoms with Crippen molar-refractivity contribution in [2.45, 2.75) is 24.5 Å². The van der Waals surface area contributed by atoms with E-state index >= 15 is 0 Å². The summed E-state index contributed by atoms with van der Waals surface area (Å²) in [6.45, 7) is 0.107. The molecule has 0 heterocycles. The molecule has 3 aliphatic carbocycles. The van der Waals surface area contributed by atoms with Crippen LogP contribution in [0.1, 0.15) is 23.1 Å². The van der Waals surface area contributed by atoms with E-state index in [9.17, 15) is 34.8 Å². The van der Waals surface area contributed by atoms with Crippen molar-refractivity contribution < 1.29 is 39.5 Å². The van der Waals surface area contributed by atoms with Crippen molar-refractivity contribution in [2.75, 3.05) is 46.8 Å². The summed E-state index contributed by atoms with van der Waals surface area (Å²) in [6.07, 6.45) is 0.218. The molecule has 6 N–H and O–H groups in total. The zero-order valence-corrected chi connectivity index (χ0v) is 21.8. The maximum Gasteiger partial charge on any atom is 0.255 e. The maximum absolute atomic E-state index is 13.9.